The molecule has 1 heterocycles. The van der Waals surface area contributed by atoms with Gasteiger partial charge in [0.05, 0.1) is 0 Å². The molecule has 1 rings (SSSR count). The molecule has 16 heavy (non-hydrogen) atoms. The highest BCUT2D eigenvalue weighted by Gasteiger charge is 2.44. The van der Waals surface area contributed by atoms with Crippen LogP contribution in [-0.2, 0) is 0 Å². The lowest BCUT2D eigenvalue weighted by atomic mass is 9.62. The molecule has 1 aliphatic rings. The van der Waals surface area contributed by atoms with Crippen molar-refractivity contribution >= 4 is 0 Å². The Morgan fingerprint density at radius 2 is 1.88 bits per heavy atom. The molecule has 0 aromatic carbocycles. The molecule has 0 aromatic rings. The third-order valence-electron chi connectivity index (χ3n) is 4.80. The third-order valence-corrected chi connectivity index (χ3v) is 4.80. The Kier molecular flexibility index (Phi) is 4.10. The highest BCUT2D eigenvalue weighted by atomic mass is 15.0. The molecule has 0 radical (unpaired) electrons. The summed E-state index contributed by atoms with van der Waals surface area (Å²) < 4.78 is 0. The van der Waals surface area contributed by atoms with Crippen LogP contribution in [0.5, 0.6) is 0 Å². The van der Waals surface area contributed by atoms with Gasteiger partial charge in [-0.05, 0) is 49.5 Å². The van der Waals surface area contributed by atoms with E-state index in [0.29, 0.717) is 11.0 Å². The smallest absolute Gasteiger partial charge is 0.0184 e. The van der Waals surface area contributed by atoms with Crippen LogP contribution in [0.2, 0.25) is 0 Å². The monoisotopic (exact) mass is 225 g/mol. The first-order valence-corrected chi connectivity index (χ1v) is 6.95. The number of hydrogen-bond acceptors (Lipinski definition) is 1. The molecule has 3 atom stereocenters. The van der Waals surface area contributed by atoms with Gasteiger partial charge in [0.1, 0.15) is 0 Å². The van der Waals surface area contributed by atoms with Crippen LogP contribution in [0, 0.1) is 23.2 Å². The van der Waals surface area contributed by atoms with Crippen molar-refractivity contribution in [3.63, 3.8) is 0 Å². The van der Waals surface area contributed by atoms with Gasteiger partial charge in [-0.2, -0.15) is 0 Å². The van der Waals surface area contributed by atoms with E-state index in [-0.39, 0.29) is 0 Å². The average molecular weight is 225 g/mol. The number of hydrogen-bond donors (Lipinski definition) is 1. The van der Waals surface area contributed by atoms with Gasteiger partial charge in [-0.15, -0.1) is 0 Å². The van der Waals surface area contributed by atoms with Crippen LogP contribution in [0.15, 0.2) is 0 Å². The molecule has 1 nitrogen and oxygen atoms in total. The zero-order valence-electron chi connectivity index (χ0n) is 12.4. The molecule has 3 unspecified atom stereocenters. The third kappa shape index (κ3) is 2.80. The Bertz CT molecular complexity index is 226. The minimum Gasteiger partial charge on any atom is -0.311 e. The van der Waals surface area contributed by atoms with E-state index in [1.54, 1.807) is 0 Å². The fourth-order valence-corrected chi connectivity index (χ4v) is 3.32. The second-order valence-corrected chi connectivity index (χ2v) is 7.31. The Hall–Kier alpha value is -0.0400. The zero-order chi connectivity index (χ0) is 12.6. The second kappa shape index (κ2) is 4.68. The minimum absolute atomic E-state index is 0.337. The fraction of sp³-hybridized carbons (Fsp3) is 1.00. The molecule has 0 spiro atoms. The first kappa shape index (κ1) is 14.0. The Morgan fingerprint density at radius 3 is 2.25 bits per heavy atom. The molecular formula is C15H31N. The fourth-order valence-electron chi connectivity index (χ4n) is 3.32. The van der Waals surface area contributed by atoms with Crippen molar-refractivity contribution < 1.29 is 0 Å². The SMILES string of the molecule is CCC1(C)NCC(C(C)C)CC1C(C)(C)C. The Morgan fingerprint density at radius 1 is 1.31 bits per heavy atom. The highest BCUT2D eigenvalue weighted by molar-refractivity contribution is 5.00. The summed E-state index contributed by atoms with van der Waals surface area (Å²) in [6.07, 6.45) is 2.62. The van der Waals surface area contributed by atoms with Gasteiger partial charge in [0.2, 0.25) is 0 Å². The van der Waals surface area contributed by atoms with E-state index >= 15 is 0 Å². The lowest BCUT2D eigenvalue weighted by Crippen LogP contribution is -2.59. The van der Waals surface area contributed by atoms with Crippen molar-refractivity contribution in [1.82, 2.24) is 5.32 Å². The van der Waals surface area contributed by atoms with Gasteiger partial charge in [-0.3, -0.25) is 0 Å². The van der Waals surface area contributed by atoms with Crippen molar-refractivity contribution in [2.45, 2.75) is 66.8 Å². The summed E-state index contributed by atoms with van der Waals surface area (Å²) in [7, 11) is 0. The molecule has 96 valence electrons. The molecule has 0 saturated carbocycles. The van der Waals surface area contributed by atoms with Crippen molar-refractivity contribution in [1.29, 1.82) is 0 Å². The van der Waals surface area contributed by atoms with Crippen molar-refractivity contribution in [3.8, 4) is 0 Å². The summed E-state index contributed by atoms with van der Waals surface area (Å²) in [6.45, 7) is 17.9. The van der Waals surface area contributed by atoms with Gasteiger partial charge in [-0.25, -0.2) is 0 Å². The van der Waals surface area contributed by atoms with Crippen LogP contribution in [-0.4, -0.2) is 12.1 Å². The summed E-state index contributed by atoms with van der Waals surface area (Å²) in [5, 5.41) is 3.83. The molecule has 1 N–H and O–H groups in total. The number of nitrogens with one attached hydrogen (secondary N) is 1. The molecule has 0 amide bonds. The van der Waals surface area contributed by atoms with Crippen molar-refractivity contribution in [2.24, 2.45) is 23.2 Å². The molecule has 0 bridgehead atoms. The lowest BCUT2D eigenvalue weighted by molar-refractivity contribution is 0.0307. The van der Waals surface area contributed by atoms with Crippen LogP contribution in [0.1, 0.15) is 61.3 Å². The lowest BCUT2D eigenvalue weighted by Gasteiger charge is -2.51. The Labute approximate surface area is 102 Å². The van der Waals surface area contributed by atoms with E-state index in [1.807, 2.05) is 0 Å². The van der Waals surface area contributed by atoms with Gasteiger partial charge < -0.3 is 5.32 Å². The summed E-state index contributed by atoms with van der Waals surface area (Å²) in [6, 6.07) is 0. The van der Waals surface area contributed by atoms with E-state index in [2.05, 4.69) is 53.8 Å². The predicted octanol–water partition coefficient (Wildman–Crippen LogP) is 4.08. The van der Waals surface area contributed by atoms with E-state index in [4.69, 9.17) is 0 Å². The van der Waals surface area contributed by atoms with Crippen LogP contribution in [0.25, 0.3) is 0 Å². The van der Waals surface area contributed by atoms with Gasteiger partial charge in [-0.1, -0.05) is 41.5 Å². The highest BCUT2D eigenvalue weighted by Crippen LogP contribution is 2.44. The normalized spacial score (nSPS) is 36.8. The van der Waals surface area contributed by atoms with Gasteiger partial charge in [0.15, 0.2) is 0 Å². The average Bonchev–Trinajstić information content (AvgIpc) is 2.16. The molecule has 0 aromatic heterocycles. The topological polar surface area (TPSA) is 12.0 Å². The number of piperidine rings is 1. The number of rotatable bonds is 2. The molecule has 0 aliphatic carbocycles. The first-order chi connectivity index (χ1) is 7.20. The minimum atomic E-state index is 0.337. The van der Waals surface area contributed by atoms with Gasteiger partial charge >= 0.3 is 0 Å². The molecule has 1 saturated heterocycles. The van der Waals surface area contributed by atoms with Crippen molar-refractivity contribution in [3.05, 3.63) is 0 Å². The largest absolute Gasteiger partial charge is 0.311 e. The standard InChI is InChI=1S/C15H31N/c1-8-15(7)13(14(4,5)6)9-12(10-16-15)11(2)3/h11-13,16H,8-10H2,1-7H3. The van der Waals surface area contributed by atoms with Gasteiger partial charge in [0, 0.05) is 5.54 Å². The molecular weight excluding hydrogens is 194 g/mol. The van der Waals surface area contributed by atoms with Gasteiger partial charge in [0.25, 0.3) is 0 Å². The van der Waals surface area contributed by atoms with Crippen LogP contribution in [0.3, 0.4) is 0 Å². The van der Waals surface area contributed by atoms with Crippen LogP contribution >= 0.6 is 0 Å². The van der Waals surface area contributed by atoms with Crippen molar-refractivity contribution in [2.75, 3.05) is 6.54 Å². The summed E-state index contributed by atoms with van der Waals surface area (Å²) >= 11 is 0. The molecule has 1 heteroatoms. The first-order valence-electron chi connectivity index (χ1n) is 6.95. The second-order valence-electron chi connectivity index (χ2n) is 7.31. The predicted molar refractivity (Wildman–Crippen MR) is 72.6 cm³/mol. The maximum absolute atomic E-state index is 3.83. The van der Waals surface area contributed by atoms with Crippen LogP contribution < -0.4 is 5.32 Å². The van der Waals surface area contributed by atoms with E-state index in [9.17, 15) is 0 Å². The summed E-state index contributed by atoms with van der Waals surface area (Å²) in [5.74, 6) is 2.44. The van der Waals surface area contributed by atoms with E-state index in [0.717, 1.165) is 17.8 Å². The summed E-state index contributed by atoms with van der Waals surface area (Å²) in [4.78, 5) is 0. The maximum Gasteiger partial charge on any atom is 0.0184 e. The van der Waals surface area contributed by atoms with Crippen LogP contribution in [0.4, 0.5) is 0 Å². The molecule has 1 aliphatic heterocycles. The van der Waals surface area contributed by atoms with E-state index < -0.39 is 0 Å². The Balaban J connectivity index is 2.87. The summed E-state index contributed by atoms with van der Waals surface area (Å²) in [5.41, 5.74) is 0.745. The van der Waals surface area contributed by atoms with E-state index in [1.165, 1.54) is 19.4 Å². The molecule has 1 fully saturated rings. The maximum atomic E-state index is 3.83. The quantitative estimate of drug-likeness (QED) is 0.746. The zero-order valence-corrected chi connectivity index (χ0v) is 12.4.